The monoisotopic (exact) mass is 409 g/mol. The summed E-state index contributed by atoms with van der Waals surface area (Å²) in [6.07, 6.45) is 5.23. The van der Waals surface area contributed by atoms with Crippen molar-refractivity contribution in [1.29, 1.82) is 0 Å². The fourth-order valence-electron chi connectivity index (χ4n) is 2.36. The van der Waals surface area contributed by atoms with Crippen LogP contribution in [0, 0.1) is 10.1 Å². The first-order chi connectivity index (χ1) is 13.0. The molecular weight excluding hydrogens is 393 g/mol. The molecule has 3 aromatic rings. The van der Waals surface area contributed by atoms with Crippen LogP contribution in [0.4, 0.5) is 0 Å². The van der Waals surface area contributed by atoms with Gasteiger partial charge in [0.1, 0.15) is 6.10 Å². The van der Waals surface area contributed by atoms with E-state index in [-0.39, 0.29) is 6.10 Å². The minimum Gasteiger partial charge on any atom is -0.367 e. The lowest BCUT2D eigenvalue weighted by Crippen LogP contribution is -2.12. The molecule has 0 aliphatic heterocycles. The van der Waals surface area contributed by atoms with Crippen molar-refractivity contribution in [2.45, 2.75) is 19.3 Å². The molecule has 0 fully saturated rings. The normalized spacial score (nSPS) is 11.3. The molecular formula is C18H17Cl2N3O4. The van der Waals surface area contributed by atoms with E-state index in [1.165, 1.54) is 0 Å². The highest BCUT2D eigenvalue weighted by atomic mass is 35.5. The zero-order chi connectivity index (χ0) is 19.6. The van der Waals surface area contributed by atoms with Gasteiger partial charge in [-0.3, -0.25) is 0 Å². The maximum atomic E-state index is 8.36. The first-order valence-corrected chi connectivity index (χ1v) is 8.60. The van der Waals surface area contributed by atoms with Crippen molar-refractivity contribution in [2.75, 3.05) is 0 Å². The number of nitrogens with zero attached hydrogens (tertiary/aromatic N) is 3. The summed E-state index contributed by atoms with van der Waals surface area (Å²) < 4.78 is 8.10. The van der Waals surface area contributed by atoms with Gasteiger partial charge in [-0.15, -0.1) is 10.1 Å². The largest absolute Gasteiger partial charge is 0.367 e. The predicted octanol–water partition coefficient (Wildman–Crippen LogP) is 4.80. The van der Waals surface area contributed by atoms with Crippen LogP contribution in [0.3, 0.4) is 0 Å². The van der Waals surface area contributed by atoms with E-state index >= 15 is 0 Å². The number of hydrogen-bond donors (Lipinski definition) is 1. The molecule has 2 aromatic carbocycles. The third-order valence-corrected chi connectivity index (χ3v) is 4.10. The fourth-order valence-corrected chi connectivity index (χ4v) is 2.89. The molecule has 27 heavy (non-hydrogen) atoms. The smallest absolute Gasteiger partial charge is 0.291 e. The molecule has 3 rings (SSSR count). The Hall–Kier alpha value is -2.61. The number of aromatic nitrogens is 2. The molecule has 7 nitrogen and oxygen atoms in total. The van der Waals surface area contributed by atoms with Gasteiger partial charge in [0.05, 0.1) is 19.5 Å². The summed E-state index contributed by atoms with van der Waals surface area (Å²) in [7, 11) is 0. The average molecular weight is 410 g/mol. The molecule has 1 atom stereocenters. The van der Waals surface area contributed by atoms with Gasteiger partial charge in [-0.2, -0.15) is 0 Å². The quantitative estimate of drug-likeness (QED) is 0.466. The number of rotatable bonds is 6. The summed E-state index contributed by atoms with van der Waals surface area (Å²) in [5.74, 6) is 0. The zero-order valence-electron chi connectivity index (χ0n) is 14.1. The summed E-state index contributed by atoms with van der Waals surface area (Å²) in [6.45, 7) is 1.15. The Morgan fingerprint density at radius 2 is 1.93 bits per heavy atom. The topological polar surface area (TPSA) is 90.4 Å². The van der Waals surface area contributed by atoms with E-state index in [1.54, 1.807) is 18.6 Å². The van der Waals surface area contributed by atoms with E-state index in [9.17, 15) is 0 Å². The number of halogens is 2. The Balaban J connectivity index is 0.000000596. The SMILES string of the molecule is Clc1ccc(C(Cn2ccnc2)OCc2ccccc2)c(Cl)c1.O=[N+]([O-])O. The molecule has 0 bridgehead atoms. The standard InChI is InChI=1S/C18H16Cl2N2O.HNO3/c19-15-6-7-16(17(20)10-15)18(11-22-9-8-21-13-22)23-12-14-4-2-1-3-5-14;2-1(3)4/h1-10,13,18H,11-12H2;(H,2,3,4). The molecule has 0 saturated carbocycles. The van der Waals surface area contributed by atoms with Crippen LogP contribution in [-0.2, 0) is 17.9 Å². The van der Waals surface area contributed by atoms with Crippen LogP contribution in [0.1, 0.15) is 17.2 Å². The van der Waals surface area contributed by atoms with Crippen LogP contribution in [-0.4, -0.2) is 19.8 Å². The van der Waals surface area contributed by atoms with E-state index in [2.05, 4.69) is 4.98 Å². The van der Waals surface area contributed by atoms with Crippen LogP contribution in [0.25, 0.3) is 0 Å². The van der Waals surface area contributed by atoms with Crippen molar-refractivity contribution in [3.05, 3.63) is 98.5 Å². The third kappa shape index (κ3) is 7.26. The summed E-state index contributed by atoms with van der Waals surface area (Å²) in [5.41, 5.74) is 2.04. The molecule has 1 unspecified atom stereocenters. The highest BCUT2D eigenvalue weighted by Gasteiger charge is 2.17. The van der Waals surface area contributed by atoms with E-state index in [0.29, 0.717) is 23.2 Å². The molecule has 0 radical (unpaired) electrons. The summed E-state index contributed by atoms with van der Waals surface area (Å²) >= 11 is 12.4. The van der Waals surface area contributed by atoms with Gasteiger partial charge in [-0.25, -0.2) is 4.98 Å². The van der Waals surface area contributed by atoms with Gasteiger partial charge >= 0.3 is 0 Å². The highest BCUT2D eigenvalue weighted by Crippen LogP contribution is 2.30. The van der Waals surface area contributed by atoms with Crippen molar-refractivity contribution >= 4 is 23.2 Å². The van der Waals surface area contributed by atoms with E-state index in [4.69, 9.17) is 43.3 Å². The van der Waals surface area contributed by atoms with Crippen molar-refractivity contribution < 1.29 is 15.0 Å². The second-order valence-corrected chi connectivity index (χ2v) is 6.29. The molecule has 1 heterocycles. The Labute approximate surface area is 165 Å². The van der Waals surface area contributed by atoms with Crippen LogP contribution >= 0.6 is 23.2 Å². The maximum Gasteiger partial charge on any atom is 0.291 e. The lowest BCUT2D eigenvalue weighted by molar-refractivity contribution is -0.742. The molecule has 0 aliphatic carbocycles. The van der Waals surface area contributed by atoms with E-state index < -0.39 is 5.09 Å². The second kappa shape index (κ2) is 10.5. The van der Waals surface area contributed by atoms with Gasteiger partial charge in [-0.1, -0.05) is 59.6 Å². The molecule has 9 heteroatoms. The lowest BCUT2D eigenvalue weighted by atomic mass is 10.1. The Morgan fingerprint density at radius 1 is 1.22 bits per heavy atom. The lowest BCUT2D eigenvalue weighted by Gasteiger charge is -2.20. The van der Waals surface area contributed by atoms with Crippen LogP contribution in [0.15, 0.2) is 67.3 Å². The number of benzene rings is 2. The maximum absolute atomic E-state index is 8.36. The zero-order valence-corrected chi connectivity index (χ0v) is 15.6. The van der Waals surface area contributed by atoms with Crippen molar-refractivity contribution in [3.8, 4) is 0 Å². The highest BCUT2D eigenvalue weighted by molar-refractivity contribution is 6.35. The molecule has 0 amide bonds. The molecule has 142 valence electrons. The van der Waals surface area contributed by atoms with Gasteiger partial charge in [0.2, 0.25) is 0 Å². The summed E-state index contributed by atoms with van der Waals surface area (Å²) in [6, 6.07) is 15.5. The first kappa shape index (κ1) is 20.7. The van der Waals surface area contributed by atoms with Crippen LogP contribution in [0.5, 0.6) is 0 Å². The van der Waals surface area contributed by atoms with Crippen LogP contribution < -0.4 is 0 Å². The second-order valence-electron chi connectivity index (χ2n) is 5.45. The van der Waals surface area contributed by atoms with Crippen LogP contribution in [0.2, 0.25) is 10.0 Å². The molecule has 0 saturated heterocycles. The van der Waals surface area contributed by atoms with Crippen molar-refractivity contribution in [3.63, 3.8) is 0 Å². The fraction of sp³-hybridized carbons (Fsp3) is 0.167. The molecule has 0 aliphatic rings. The number of hydrogen-bond acceptors (Lipinski definition) is 4. The minimum absolute atomic E-state index is 0.186. The minimum atomic E-state index is -1.50. The predicted molar refractivity (Wildman–Crippen MR) is 101 cm³/mol. The summed E-state index contributed by atoms with van der Waals surface area (Å²) in [5, 5.41) is 14.9. The van der Waals surface area contributed by atoms with E-state index in [1.807, 2.05) is 53.2 Å². The Morgan fingerprint density at radius 3 is 2.52 bits per heavy atom. The number of ether oxygens (including phenoxy) is 1. The molecule has 1 N–H and O–H groups in total. The first-order valence-electron chi connectivity index (χ1n) is 7.85. The van der Waals surface area contributed by atoms with Crippen molar-refractivity contribution in [1.82, 2.24) is 9.55 Å². The van der Waals surface area contributed by atoms with Gasteiger partial charge in [0.15, 0.2) is 0 Å². The third-order valence-electron chi connectivity index (χ3n) is 3.54. The van der Waals surface area contributed by atoms with Gasteiger partial charge in [0, 0.05) is 28.0 Å². The van der Waals surface area contributed by atoms with E-state index in [0.717, 1.165) is 11.1 Å². The summed E-state index contributed by atoms with van der Waals surface area (Å²) in [4.78, 5) is 12.4. The molecule has 1 aromatic heterocycles. The van der Waals surface area contributed by atoms with Gasteiger partial charge in [0.25, 0.3) is 5.09 Å². The molecule has 0 spiro atoms. The van der Waals surface area contributed by atoms with Gasteiger partial charge < -0.3 is 14.5 Å². The van der Waals surface area contributed by atoms with Crippen molar-refractivity contribution in [2.24, 2.45) is 0 Å². The Bertz CT molecular complexity index is 841. The average Bonchev–Trinajstić information content (AvgIpc) is 3.12. The Kier molecular flexibility index (Phi) is 8.06. The van der Waals surface area contributed by atoms with Gasteiger partial charge in [-0.05, 0) is 17.7 Å². The number of imidazole rings is 1.